The summed E-state index contributed by atoms with van der Waals surface area (Å²) in [6, 6.07) is 10.1. The molecule has 1 aromatic carbocycles. The van der Waals surface area contributed by atoms with Gasteiger partial charge >= 0.3 is 0 Å². The highest BCUT2D eigenvalue weighted by molar-refractivity contribution is 5.96. The van der Waals surface area contributed by atoms with Gasteiger partial charge in [0.1, 0.15) is 5.58 Å². The molecule has 1 aliphatic heterocycles. The molecule has 1 fully saturated rings. The minimum absolute atomic E-state index is 0.00741. The highest BCUT2D eigenvalue weighted by atomic mass is 16.3. The van der Waals surface area contributed by atoms with E-state index in [0.29, 0.717) is 17.7 Å². The van der Waals surface area contributed by atoms with Crippen LogP contribution in [-0.4, -0.2) is 36.5 Å². The van der Waals surface area contributed by atoms with Gasteiger partial charge in [-0.25, -0.2) is 0 Å². The van der Waals surface area contributed by atoms with Crippen LogP contribution in [0.15, 0.2) is 34.7 Å². The van der Waals surface area contributed by atoms with Gasteiger partial charge < -0.3 is 14.6 Å². The van der Waals surface area contributed by atoms with Crippen molar-refractivity contribution < 1.29 is 9.21 Å². The molecule has 0 spiro atoms. The average Bonchev–Trinajstić information content (AvgIpc) is 2.92. The van der Waals surface area contributed by atoms with Crippen molar-refractivity contribution in [3.63, 3.8) is 0 Å². The number of furan rings is 1. The number of likely N-dealkylation sites (tertiary alicyclic amines) is 1. The van der Waals surface area contributed by atoms with Crippen LogP contribution in [0.4, 0.5) is 0 Å². The molecule has 1 saturated heterocycles. The van der Waals surface area contributed by atoms with Gasteiger partial charge in [-0.3, -0.25) is 4.79 Å². The fraction of sp³-hybridized carbons (Fsp3) is 0.471. The van der Waals surface area contributed by atoms with E-state index >= 15 is 0 Å². The summed E-state index contributed by atoms with van der Waals surface area (Å²) in [5, 5.41) is 4.48. The SMILES string of the molecule is CCNC1CCN(C(=O)c2cc3ccccc3o2)CC1C. The molecule has 0 aliphatic carbocycles. The van der Waals surface area contributed by atoms with Gasteiger partial charge in [0.25, 0.3) is 5.91 Å². The number of rotatable bonds is 3. The van der Waals surface area contributed by atoms with Crippen molar-refractivity contribution in [3.8, 4) is 0 Å². The van der Waals surface area contributed by atoms with Gasteiger partial charge in [0.05, 0.1) is 0 Å². The van der Waals surface area contributed by atoms with E-state index < -0.39 is 0 Å². The maximum absolute atomic E-state index is 12.6. The van der Waals surface area contributed by atoms with Crippen molar-refractivity contribution in [3.05, 3.63) is 36.1 Å². The van der Waals surface area contributed by atoms with Crippen LogP contribution in [0.5, 0.6) is 0 Å². The summed E-state index contributed by atoms with van der Waals surface area (Å²) in [4.78, 5) is 14.5. The zero-order chi connectivity index (χ0) is 14.8. The Bertz CT molecular complexity index is 602. The van der Waals surface area contributed by atoms with E-state index in [0.717, 1.165) is 37.0 Å². The highest BCUT2D eigenvalue weighted by Gasteiger charge is 2.29. The highest BCUT2D eigenvalue weighted by Crippen LogP contribution is 2.23. The van der Waals surface area contributed by atoms with E-state index in [9.17, 15) is 4.79 Å². The zero-order valence-electron chi connectivity index (χ0n) is 12.6. The lowest BCUT2D eigenvalue weighted by Gasteiger charge is -2.36. The lowest BCUT2D eigenvalue weighted by Crippen LogP contribution is -2.50. The molecule has 0 saturated carbocycles. The number of nitrogens with zero attached hydrogens (tertiary/aromatic N) is 1. The number of para-hydroxylation sites is 1. The Morgan fingerprint density at radius 3 is 2.95 bits per heavy atom. The lowest BCUT2D eigenvalue weighted by molar-refractivity contribution is 0.0617. The first kappa shape index (κ1) is 14.1. The van der Waals surface area contributed by atoms with E-state index in [2.05, 4.69) is 19.2 Å². The molecule has 3 rings (SSSR count). The molecule has 2 atom stereocenters. The molecule has 1 N–H and O–H groups in total. The van der Waals surface area contributed by atoms with Crippen LogP contribution < -0.4 is 5.32 Å². The van der Waals surface area contributed by atoms with Crippen LogP contribution in [0.2, 0.25) is 0 Å². The minimum atomic E-state index is 0.00741. The van der Waals surface area contributed by atoms with Gasteiger partial charge in [0.15, 0.2) is 5.76 Å². The number of benzene rings is 1. The van der Waals surface area contributed by atoms with E-state index in [-0.39, 0.29) is 5.91 Å². The van der Waals surface area contributed by atoms with Crippen LogP contribution in [0.1, 0.15) is 30.8 Å². The van der Waals surface area contributed by atoms with E-state index in [1.165, 1.54) is 0 Å². The first-order chi connectivity index (χ1) is 10.2. The maximum Gasteiger partial charge on any atom is 0.289 e. The van der Waals surface area contributed by atoms with Crippen LogP contribution in [0, 0.1) is 5.92 Å². The summed E-state index contributed by atoms with van der Waals surface area (Å²) in [6.45, 7) is 6.88. The summed E-state index contributed by atoms with van der Waals surface area (Å²) < 4.78 is 5.69. The first-order valence-electron chi connectivity index (χ1n) is 7.70. The Labute approximate surface area is 125 Å². The third kappa shape index (κ3) is 2.81. The fourth-order valence-corrected chi connectivity index (χ4v) is 3.14. The number of amides is 1. The quantitative estimate of drug-likeness (QED) is 0.943. The van der Waals surface area contributed by atoms with E-state index in [1.54, 1.807) is 0 Å². The number of carbonyl (C=O) groups is 1. The van der Waals surface area contributed by atoms with Gasteiger partial charge in [0.2, 0.25) is 0 Å². The Balaban J connectivity index is 1.73. The molecule has 1 aromatic heterocycles. The lowest BCUT2D eigenvalue weighted by atomic mass is 9.93. The van der Waals surface area contributed by atoms with Gasteiger partial charge in [0, 0.05) is 24.5 Å². The molecule has 2 aromatic rings. The van der Waals surface area contributed by atoms with Crippen LogP contribution in [0.3, 0.4) is 0 Å². The molecule has 2 heterocycles. The first-order valence-corrected chi connectivity index (χ1v) is 7.70. The molecular weight excluding hydrogens is 264 g/mol. The van der Waals surface area contributed by atoms with Crippen molar-refractivity contribution in [1.82, 2.24) is 10.2 Å². The average molecular weight is 286 g/mol. The van der Waals surface area contributed by atoms with Crippen LogP contribution in [-0.2, 0) is 0 Å². The maximum atomic E-state index is 12.6. The smallest absolute Gasteiger partial charge is 0.289 e. The molecule has 21 heavy (non-hydrogen) atoms. The summed E-state index contributed by atoms with van der Waals surface area (Å²) >= 11 is 0. The molecular formula is C17H22N2O2. The number of hydrogen-bond donors (Lipinski definition) is 1. The van der Waals surface area contributed by atoms with Crippen LogP contribution in [0.25, 0.3) is 11.0 Å². The van der Waals surface area contributed by atoms with Gasteiger partial charge in [-0.1, -0.05) is 32.0 Å². The van der Waals surface area contributed by atoms with Gasteiger partial charge in [-0.2, -0.15) is 0 Å². The molecule has 0 bridgehead atoms. The van der Waals surface area contributed by atoms with E-state index in [1.807, 2.05) is 35.2 Å². The number of hydrogen-bond acceptors (Lipinski definition) is 3. The zero-order valence-corrected chi connectivity index (χ0v) is 12.6. The molecule has 1 amide bonds. The van der Waals surface area contributed by atoms with Gasteiger partial charge in [-0.15, -0.1) is 0 Å². The molecule has 1 aliphatic rings. The second kappa shape index (κ2) is 5.90. The Kier molecular flexibility index (Phi) is 3.97. The largest absolute Gasteiger partial charge is 0.451 e. The molecule has 4 heteroatoms. The third-order valence-electron chi connectivity index (χ3n) is 4.30. The summed E-state index contributed by atoms with van der Waals surface area (Å²) in [5.41, 5.74) is 0.774. The number of fused-ring (bicyclic) bond motifs is 1. The number of carbonyl (C=O) groups excluding carboxylic acids is 1. The standard InChI is InChI=1S/C17H22N2O2/c1-3-18-14-8-9-19(11-12(14)2)17(20)16-10-13-6-4-5-7-15(13)21-16/h4-7,10,12,14,18H,3,8-9,11H2,1-2H3. The van der Waals surface area contributed by atoms with Gasteiger partial charge in [-0.05, 0) is 31.0 Å². The van der Waals surface area contributed by atoms with Crippen LogP contribution >= 0.6 is 0 Å². The summed E-state index contributed by atoms with van der Waals surface area (Å²) in [7, 11) is 0. The number of piperidine rings is 1. The van der Waals surface area contributed by atoms with Crippen molar-refractivity contribution in [2.24, 2.45) is 5.92 Å². The normalized spacial score (nSPS) is 22.7. The van der Waals surface area contributed by atoms with Crippen molar-refractivity contribution in [1.29, 1.82) is 0 Å². The predicted octanol–water partition coefficient (Wildman–Crippen LogP) is 2.89. The van der Waals surface area contributed by atoms with Crippen molar-refractivity contribution >= 4 is 16.9 Å². The number of nitrogens with one attached hydrogen (secondary N) is 1. The molecule has 112 valence electrons. The fourth-order valence-electron chi connectivity index (χ4n) is 3.14. The third-order valence-corrected chi connectivity index (χ3v) is 4.30. The molecule has 2 unspecified atom stereocenters. The second-order valence-corrected chi connectivity index (χ2v) is 5.83. The monoisotopic (exact) mass is 286 g/mol. The van der Waals surface area contributed by atoms with Crippen molar-refractivity contribution in [2.45, 2.75) is 26.3 Å². The predicted molar refractivity (Wildman–Crippen MR) is 83.4 cm³/mol. The topological polar surface area (TPSA) is 45.5 Å². The summed E-state index contributed by atoms with van der Waals surface area (Å²) in [5.74, 6) is 0.922. The Morgan fingerprint density at radius 1 is 1.43 bits per heavy atom. The second-order valence-electron chi connectivity index (χ2n) is 5.83. The minimum Gasteiger partial charge on any atom is -0.451 e. The summed E-state index contributed by atoms with van der Waals surface area (Å²) in [6.07, 6.45) is 1.00. The molecule has 4 nitrogen and oxygen atoms in total. The van der Waals surface area contributed by atoms with Crippen molar-refractivity contribution in [2.75, 3.05) is 19.6 Å². The Hall–Kier alpha value is -1.81. The Morgan fingerprint density at radius 2 is 2.24 bits per heavy atom. The van der Waals surface area contributed by atoms with E-state index in [4.69, 9.17) is 4.42 Å². The molecule has 0 radical (unpaired) electrons.